The van der Waals surface area contributed by atoms with E-state index in [4.69, 9.17) is 0 Å². The quantitative estimate of drug-likeness (QED) is 0.484. The third-order valence-corrected chi connectivity index (χ3v) is 5.72. The van der Waals surface area contributed by atoms with Crippen LogP contribution in [0.25, 0.3) is 16.7 Å². The molecular weight excluding hydrogens is 384 g/mol. The zero-order valence-corrected chi connectivity index (χ0v) is 17.5. The van der Waals surface area contributed by atoms with Crippen molar-refractivity contribution < 1.29 is 0 Å². The molecule has 4 aromatic rings. The minimum absolute atomic E-state index is 0.0749. The number of fused-ring (bicyclic) bond motifs is 2. The van der Waals surface area contributed by atoms with E-state index in [9.17, 15) is 4.79 Å². The molecule has 0 amide bonds. The van der Waals surface area contributed by atoms with E-state index in [2.05, 4.69) is 30.3 Å². The number of rotatable bonds is 3. The third kappa shape index (κ3) is 2.88. The van der Waals surface area contributed by atoms with Gasteiger partial charge in [0, 0.05) is 53.4 Å². The number of aryl methyl sites for hydroxylation is 1. The lowest BCUT2D eigenvalue weighted by molar-refractivity contribution is 0.468. The molecule has 11 nitrogen and oxygen atoms in total. The summed E-state index contributed by atoms with van der Waals surface area (Å²) in [5.41, 5.74) is 1.17. The predicted octanol–water partition coefficient (Wildman–Crippen LogP) is 0.555. The summed E-state index contributed by atoms with van der Waals surface area (Å²) < 4.78 is 5.09. The van der Waals surface area contributed by atoms with Gasteiger partial charge in [0.25, 0.3) is 5.56 Å². The second-order valence-corrected chi connectivity index (χ2v) is 7.99. The van der Waals surface area contributed by atoms with E-state index < -0.39 is 0 Å². The zero-order valence-electron chi connectivity index (χ0n) is 17.5. The van der Waals surface area contributed by atoms with Crippen LogP contribution in [0.4, 0.5) is 11.8 Å². The molecule has 4 aromatic heterocycles. The molecule has 0 aliphatic carbocycles. The monoisotopic (exact) mass is 408 g/mol. The fourth-order valence-electron chi connectivity index (χ4n) is 4.06. The summed E-state index contributed by atoms with van der Waals surface area (Å²) in [5, 5.41) is 18.2. The number of hydrogen-bond donors (Lipinski definition) is 0. The minimum Gasteiger partial charge on any atom is -0.361 e. The molecule has 0 aromatic carbocycles. The van der Waals surface area contributed by atoms with Gasteiger partial charge in [0.2, 0.25) is 5.95 Å². The van der Waals surface area contributed by atoms with E-state index in [1.165, 1.54) is 0 Å². The van der Waals surface area contributed by atoms with E-state index in [0.29, 0.717) is 17.0 Å². The van der Waals surface area contributed by atoms with Gasteiger partial charge in [0.15, 0.2) is 17.1 Å². The van der Waals surface area contributed by atoms with Crippen molar-refractivity contribution in [3.63, 3.8) is 0 Å². The van der Waals surface area contributed by atoms with Crippen molar-refractivity contribution in [1.29, 1.82) is 0 Å². The van der Waals surface area contributed by atoms with Gasteiger partial charge in [-0.25, -0.2) is 0 Å². The van der Waals surface area contributed by atoms with Crippen LogP contribution in [-0.4, -0.2) is 66.3 Å². The maximum absolute atomic E-state index is 12.7. The smallest absolute Gasteiger partial charge is 0.265 e. The van der Waals surface area contributed by atoms with Crippen molar-refractivity contribution in [3.8, 4) is 0 Å². The van der Waals surface area contributed by atoms with Gasteiger partial charge in [-0.2, -0.15) is 14.6 Å². The van der Waals surface area contributed by atoms with Crippen LogP contribution in [0.5, 0.6) is 0 Å². The van der Waals surface area contributed by atoms with Gasteiger partial charge in [-0.05, 0) is 25.0 Å². The van der Waals surface area contributed by atoms with E-state index in [1.54, 1.807) is 29.5 Å². The summed E-state index contributed by atoms with van der Waals surface area (Å²) in [4.78, 5) is 21.5. The molecule has 5 heterocycles. The third-order valence-electron chi connectivity index (χ3n) is 5.72. The summed E-state index contributed by atoms with van der Waals surface area (Å²) in [7, 11) is 7.49. The van der Waals surface area contributed by atoms with E-state index in [0.717, 1.165) is 43.2 Å². The highest BCUT2D eigenvalue weighted by Gasteiger charge is 2.27. The zero-order chi connectivity index (χ0) is 21.0. The van der Waals surface area contributed by atoms with Crippen molar-refractivity contribution in [3.05, 3.63) is 34.5 Å². The Balaban J connectivity index is 1.41. The van der Waals surface area contributed by atoms with Gasteiger partial charge in [-0.15, -0.1) is 15.3 Å². The first-order valence-corrected chi connectivity index (χ1v) is 9.97. The molecule has 0 N–H and O–H groups in total. The van der Waals surface area contributed by atoms with Crippen LogP contribution in [0, 0.1) is 0 Å². The highest BCUT2D eigenvalue weighted by Crippen LogP contribution is 2.29. The SMILES string of the molecule is CN(C)c1ccc2nnc(C3CCN(c4nc5nn(C)cc5c(=O)n4C)CC3)n2n1. The number of piperidine rings is 1. The van der Waals surface area contributed by atoms with Gasteiger partial charge in [-0.1, -0.05) is 0 Å². The van der Waals surface area contributed by atoms with Gasteiger partial charge < -0.3 is 9.80 Å². The molecule has 0 bridgehead atoms. The van der Waals surface area contributed by atoms with Crippen LogP contribution in [0.2, 0.25) is 0 Å². The topological polar surface area (TPSA) is 102 Å². The summed E-state index contributed by atoms with van der Waals surface area (Å²) in [6, 6.07) is 3.88. The lowest BCUT2D eigenvalue weighted by atomic mass is 9.96. The summed E-state index contributed by atoms with van der Waals surface area (Å²) in [6.45, 7) is 1.54. The molecule has 156 valence electrons. The molecule has 0 radical (unpaired) electrons. The van der Waals surface area contributed by atoms with Crippen LogP contribution in [0.1, 0.15) is 24.6 Å². The van der Waals surface area contributed by atoms with Crippen molar-refractivity contribution in [2.75, 3.05) is 37.0 Å². The number of aromatic nitrogens is 8. The lowest BCUT2D eigenvalue weighted by Gasteiger charge is -2.32. The second-order valence-electron chi connectivity index (χ2n) is 7.99. The molecule has 1 fully saturated rings. The summed E-state index contributed by atoms with van der Waals surface area (Å²) in [6.07, 6.45) is 3.47. The standard InChI is InChI=1S/C19H24N10O/c1-25(2)15-6-5-14-21-22-17(29(14)23-15)12-7-9-28(10-8-12)19-20-16-13(11-26(3)24-16)18(30)27(19)4/h5-6,11-12H,7-10H2,1-4H3. The maximum atomic E-state index is 12.7. The van der Waals surface area contributed by atoms with Crippen LogP contribution >= 0.6 is 0 Å². The van der Waals surface area contributed by atoms with Crippen LogP contribution < -0.4 is 15.4 Å². The molecule has 1 aliphatic rings. The van der Waals surface area contributed by atoms with Crippen LogP contribution in [0.3, 0.4) is 0 Å². The van der Waals surface area contributed by atoms with Gasteiger partial charge >= 0.3 is 0 Å². The molecule has 5 rings (SSSR count). The first-order chi connectivity index (χ1) is 14.4. The number of anilines is 2. The van der Waals surface area contributed by atoms with Crippen molar-refractivity contribution >= 4 is 28.4 Å². The Bertz CT molecular complexity index is 1290. The number of nitrogens with zero attached hydrogens (tertiary/aromatic N) is 10. The molecule has 0 atom stereocenters. The maximum Gasteiger partial charge on any atom is 0.265 e. The fraction of sp³-hybridized carbons (Fsp3) is 0.474. The van der Waals surface area contributed by atoms with E-state index in [-0.39, 0.29) is 11.5 Å². The summed E-state index contributed by atoms with van der Waals surface area (Å²) in [5.74, 6) is 2.65. The Morgan fingerprint density at radius 3 is 2.57 bits per heavy atom. The predicted molar refractivity (Wildman–Crippen MR) is 113 cm³/mol. The van der Waals surface area contributed by atoms with Gasteiger partial charge in [0.05, 0.1) is 0 Å². The van der Waals surface area contributed by atoms with Gasteiger partial charge in [-0.3, -0.25) is 14.0 Å². The molecule has 0 spiro atoms. The molecule has 1 aliphatic heterocycles. The molecule has 30 heavy (non-hydrogen) atoms. The first-order valence-electron chi connectivity index (χ1n) is 9.97. The van der Waals surface area contributed by atoms with Crippen LogP contribution in [-0.2, 0) is 14.1 Å². The van der Waals surface area contributed by atoms with E-state index >= 15 is 0 Å². The van der Waals surface area contributed by atoms with Crippen molar-refractivity contribution in [1.82, 2.24) is 39.1 Å². The Kier molecular flexibility index (Phi) is 4.19. The van der Waals surface area contributed by atoms with Gasteiger partial charge in [0.1, 0.15) is 11.2 Å². The number of hydrogen-bond acceptors (Lipinski definition) is 8. The largest absolute Gasteiger partial charge is 0.361 e. The van der Waals surface area contributed by atoms with Crippen LogP contribution in [0.15, 0.2) is 23.1 Å². The average molecular weight is 408 g/mol. The minimum atomic E-state index is -0.0749. The van der Waals surface area contributed by atoms with Crippen molar-refractivity contribution in [2.45, 2.75) is 18.8 Å². The average Bonchev–Trinajstić information content (AvgIpc) is 3.33. The Morgan fingerprint density at radius 1 is 1.07 bits per heavy atom. The molecule has 11 heteroatoms. The molecular formula is C19H24N10O. The van der Waals surface area contributed by atoms with Crippen molar-refractivity contribution in [2.24, 2.45) is 14.1 Å². The Hall–Kier alpha value is -3.50. The summed E-state index contributed by atoms with van der Waals surface area (Å²) >= 11 is 0. The fourth-order valence-corrected chi connectivity index (χ4v) is 4.06. The highest BCUT2D eigenvalue weighted by atomic mass is 16.1. The Labute approximate surface area is 172 Å². The molecule has 0 saturated carbocycles. The second kappa shape index (κ2) is 6.78. The Morgan fingerprint density at radius 2 is 1.83 bits per heavy atom. The van der Waals surface area contributed by atoms with E-state index in [1.807, 2.05) is 35.6 Å². The lowest BCUT2D eigenvalue weighted by Crippen LogP contribution is -2.38. The molecule has 1 saturated heterocycles. The molecule has 0 unspecified atom stereocenters. The normalized spacial score (nSPS) is 15.4. The highest BCUT2D eigenvalue weighted by molar-refractivity contribution is 5.74. The first kappa shape index (κ1) is 18.5.